The Balaban J connectivity index is 0.970. The number of aryl methyl sites for hydroxylation is 4. The van der Waals surface area contributed by atoms with E-state index in [0.717, 1.165) is 49.7 Å². The summed E-state index contributed by atoms with van der Waals surface area (Å²) in [5.74, 6) is -2.08. The number of likely N-dealkylation sites (tertiary alicyclic amines) is 2. The SMILES string of the molecule is CN[C@@H](C)C(=O)N[C@@H](Cc1nnn2c1-c1c(C[C@H](NC(=O)[C@H](C)NC)C(=O)N3CCC[C@H]3C(=O)N[C@@H]3CCCc4ccccc43)nnn1CC2)C(=O)N1CCC[C@H]1C(=O)N[C@@H]1CCCc2ccccc21. The lowest BCUT2D eigenvalue weighted by molar-refractivity contribution is -0.141. The Morgan fingerprint density at radius 1 is 0.571 bits per heavy atom. The summed E-state index contributed by atoms with van der Waals surface area (Å²) in [6, 6.07) is 11.0. The maximum atomic E-state index is 14.8. The fourth-order valence-corrected chi connectivity index (χ4v) is 11.0. The first-order chi connectivity index (χ1) is 33.9. The molecule has 2 saturated heterocycles. The van der Waals surface area contributed by atoms with Crippen LogP contribution in [0.3, 0.4) is 0 Å². The zero-order valence-corrected chi connectivity index (χ0v) is 40.6. The van der Waals surface area contributed by atoms with Gasteiger partial charge in [0.05, 0.1) is 48.6 Å². The number of hydrogen-bond donors (Lipinski definition) is 6. The number of nitrogens with zero attached hydrogens (tertiary/aromatic N) is 8. The molecule has 0 spiro atoms. The van der Waals surface area contributed by atoms with Crippen LogP contribution in [0.4, 0.5) is 0 Å². The van der Waals surface area contributed by atoms with Gasteiger partial charge in [-0.3, -0.25) is 28.8 Å². The highest BCUT2D eigenvalue weighted by Gasteiger charge is 2.43. The molecule has 6 N–H and O–H groups in total. The molecule has 0 saturated carbocycles. The third kappa shape index (κ3) is 9.92. The third-order valence-corrected chi connectivity index (χ3v) is 15.1. The Labute approximate surface area is 407 Å². The van der Waals surface area contributed by atoms with Crippen LogP contribution in [0.25, 0.3) is 11.4 Å². The summed E-state index contributed by atoms with van der Waals surface area (Å²) in [6.45, 7) is 4.84. The van der Waals surface area contributed by atoms with E-state index in [0.29, 0.717) is 74.6 Å². The monoisotopic (exact) mass is 959 g/mol. The Bertz CT molecular complexity index is 2440. The van der Waals surface area contributed by atoms with Crippen molar-refractivity contribution in [3.63, 3.8) is 0 Å². The Hall–Kier alpha value is -6.54. The quantitative estimate of drug-likeness (QED) is 0.0929. The molecular formula is C50H66N14O6. The number of nitrogens with one attached hydrogen (secondary N) is 6. The number of amides is 6. The molecule has 4 aromatic rings. The molecule has 20 heteroatoms. The molecule has 2 fully saturated rings. The van der Waals surface area contributed by atoms with Crippen LogP contribution in [0.1, 0.15) is 111 Å². The van der Waals surface area contributed by atoms with E-state index in [1.165, 1.54) is 11.1 Å². The molecule has 6 amide bonds. The minimum absolute atomic E-state index is 0.0728. The van der Waals surface area contributed by atoms with E-state index in [1.807, 2.05) is 24.3 Å². The minimum Gasteiger partial charge on any atom is -0.347 e. The van der Waals surface area contributed by atoms with Crippen molar-refractivity contribution < 1.29 is 28.8 Å². The van der Waals surface area contributed by atoms with E-state index in [2.05, 4.69) is 76.8 Å². The minimum atomic E-state index is -1.12. The van der Waals surface area contributed by atoms with E-state index in [4.69, 9.17) is 0 Å². The molecule has 0 radical (unpaired) electrons. The van der Waals surface area contributed by atoms with Crippen molar-refractivity contribution in [2.75, 3.05) is 27.2 Å². The van der Waals surface area contributed by atoms with Gasteiger partial charge in [0.15, 0.2) is 0 Å². The summed E-state index contributed by atoms with van der Waals surface area (Å²) in [6.07, 6.45) is 7.47. The number of benzene rings is 2. The smallest absolute Gasteiger partial charge is 0.246 e. The van der Waals surface area contributed by atoms with Crippen LogP contribution in [-0.2, 0) is 67.5 Å². The van der Waals surface area contributed by atoms with Gasteiger partial charge in [-0.25, -0.2) is 9.36 Å². The number of hydrogen-bond acceptors (Lipinski definition) is 12. The van der Waals surface area contributed by atoms with Gasteiger partial charge in [0.1, 0.15) is 35.6 Å². The molecule has 2 aromatic carbocycles. The molecule has 5 aliphatic rings. The fourth-order valence-electron chi connectivity index (χ4n) is 11.0. The maximum absolute atomic E-state index is 14.8. The van der Waals surface area contributed by atoms with Crippen molar-refractivity contribution in [1.29, 1.82) is 0 Å². The molecule has 8 atom stereocenters. The number of carbonyl (C=O) groups is 6. The van der Waals surface area contributed by atoms with Crippen molar-refractivity contribution in [2.45, 2.75) is 152 Å². The summed E-state index contributed by atoms with van der Waals surface area (Å²) in [7, 11) is 3.32. The second-order valence-electron chi connectivity index (χ2n) is 19.5. The van der Waals surface area contributed by atoms with Gasteiger partial charge in [0.2, 0.25) is 35.4 Å². The van der Waals surface area contributed by atoms with Crippen LogP contribution < -0.4 is 31.9 Å². The first-order valence-corrected chi connectivity index (χ1v) is 25.1. The van der Waals surface area contributed by atoms with Crippen LogP contribution in [0, 0.1) is 0 Å². The van der Waals surface area contributed by atoms with Crippen LogP contribution in [0.15, 0.2) is 48.5 Å². The van der Waals surface area contributed by atoms with Gasteiger partial charge >= 0.3 is 0 Å². The molecule has 20 nitrogen and oxygen atoms in total. The highest BCUT2D eigenvalue weighted by molar-refractivity contribution is 5.95. The number of fused-ring (bicyclic) bond motifs is 5. The van der Waals surface area contributed by atoms with Crippen molar-refractivity contribution in [2.24, 2.45) is 0 Å². The van der Waals surface area contributed by atoms with Gasteiger partial charge in [0.25, 0.3) is 0 Å². The molecule has 372 valence electrons. The van der Waals surface area contributed by atoms with Crippen molar-refractivity contribution >= 4 is 35.4 Å². The van der Waals surface area contributed by atoms with Crippen molar-refractivity contribution in [3.05, 3.63) is 82.2 Å². The number of rotatable bonds is 16. The second kappa shape index (κ2) is 21.2. The molecule has 70 heavy (non-hydrogen) atoms. The van der Waals surface area contributed by atoms with Crippen LogP contribution >= 0.6 is 0 Å². The van der Waals surface area contributed by atoms with Gasteiger partial charge in [-0.05, 0) is 114 Å². The molecule has 3 aliphatic heterocycles. The topological polar surface area (TPSA) is 242 Å². The summed E-state index contributed by atoms with van der Waals surface area (Å²) >= 11 is 0. The van der Waals surface area contributed by atoms with Crippen molar-refractivity contribution in [1.82, 2.24) is 71.7 Å². The lowest BCUT2D eigenvalue weighted by Crippen LogP contribution is -2.56. The Morgan fingerprint density at radius 2 is 0.986 bits per heavy atom. The maximum Gasteiger partial charge on any atom is 0.246 e. The molecular weight excluding hydrogens is 893 g/mol. The average molecular weight is 959 g/mol. The van der Waals surface area contributed by atoms with Crippen LogP contribution in [-0.4, -0.2) is 139 Å². The lowest BCUT2D eigenvalue weighted by Gasteiger charge is -2.32. The van der Waals surface area contributed by atoms with Crippen LogP contribution in [0.5, 0.6) is 0 Å². The van der Waals surface area contributed by atoms with Gasteiger partial charge in [-0.2, -0.15) is 0 Å². The first kappa shape index (κ1) is 48.5. The Kier molecular flexibility index (Phi) is 14.7. The average Bonchev–Trinajstić information content (AvgIpc) is 4.22. The van der Waals surface area contributed by atoms with E-state index >= 15 is 0 Å². The molecule has 2 aromatic heterocycles. The fraction of sp³-hybridized carbons (Fsp3) is 0.560. The number of carbonyl (C=O) groups excluding carboxylic acids is 6. The van der Waals surface area contributed by atoms with E-state index in [9.17, 15) is 28.8 Å². The van der Waals surface area contributed by atoms with Gasteiger partial charge in [-0.15, -0.1) is 10.2 Å². The third-order valence-electron chi connectivity index (χ3n) is 15.1. The summed E-state index contributed by atoms with van der Waals surface area (Å²) in [4.78, 5) is 88.2. The molecule has 5 heterocycles. The zero-order valence-electron chi connectivity index (χ0n) is 40.6. The standard InChI is InChI=1S/C50H66N14O6/c1-29(51-3)45(65)55-39(49(69)61-23-11-21-41(61)47(67)53-35-19-9-15-31-13-5-7-17-33(31)35)27-37-43-44-38(58-60-64(44)26-25-63(43)59-57-37)28-40(56-46(66)30(2)52-4)50(70)62-24-12-22-42(62)48(68)54-36-20-10-16-32-14-6-8-18-34(32)36/h5-8,13-14,17-18,29-30,35-36,39-42,51-52H,9-12,15-16,19-28H2,1-4H3,(H,53,67)(H,54,68)(H,55,65)(H,56,66)/t29-,30-,35+,36+,39-,40-,41-,42-/m0/s1. The summed E-state index contributed by atoms with van der Waals surface area (Å²) in [5, 5.41) is 36.4. The molecule has 0 bridgehead atoms. The predicted octanol–water partition coefficient (Wildman–Crippen LogP) is 1.19. The van der Waals surface area contributed by atoms with E-state index in [-0.39, 0.29) is 36.7 Å². The van der Waals surface area contributed by atoms with Gasteiger partial charge < -0.3 is 41.7 Å². The van der Waals surface area contributed by atoms with E-state index in [1.54, 1.807) is 47.1 Å². The normalized spacial score (nSPS) is 22.1. The van der Waals surface area contributed by atoms with E-state index < -0.39 is 59.9 Å². The molecule has 9 rings (SSSR count). The Morgan fingerprint density at radius 3 is 1.40 bits per heavy atom. The second-order valence-corrected chi connectivity index (χ2v) is 19.5. The lowest BCUT2D eigenvalue weighted by atomic mass is 9.87. The summed E-state index contributed by atoms with van der Waals surface area (Å²) in [5.41, 5.74) is 6.43. The van der Waals surface area contributed by atoms with Gasteiger partial charge in [0, 0.05) is 25.9 Å². The number of likely N-dealkylation sites (N-methyl/N-ethyl adjacent to an activating group) is 2. The largest absolute Gasteiger partial charge is 0.347 e. The van der Waals surface area contributed by atoms with Gasteiger partial charge in [-0.1, -0.05) is 59.0 Å². The zero-order chi connectivity index (χ0) is 49.1. The van der Waals surface area contributed by atoms with Crippen molar-refractivity contribution in [3.8, 4) is 11.4 Å². The summed E-state index contributed by atoms with van der Waals surface area (Å²) < 4.78 is 3.40. The molecule has 0 unspecified atom stereocenters. The molecule has 2 aliphatic carbocycles. The first-order valence-electron chi connectivity index (χ1n) is 25.1. The highest BCUT2D eigenvalue weighted by Crippen LogP contribution is 2.34. The number of aromatic nitrogens is 6. The highest BCUT2D eigenvalue weighted by atomic mass is 16.2. The van der Waals surface area contributed by atoms with Crippen LogP contribution in [0.2, 0.25) is 0 Å². The predicted molar refractivity (Wildman–Crippen MR) is 257 cm³/mol.